The number of phenolic OH excluding ortho intramolecular Hbond substituents is 1. The van der Waals surface area contributed by atoms with Crippen molar-refractivity contribution in [2.75, 3.05) is 9.80 Å². The lowest BCUT2D eigenvalue weighted by Gasteiger charge is -2.50. The first-order valence-electron chi connectivity index (χ1n) is 15.5. The number of nitrogens with zero attached hydrogens (tertiary/aromatic N) is 2. The lowest BCUT2D eigenvalue weighted by atomic mass is 9.56. The Labute approximate surface area is 308 Å². The topological polar surface area (TPSA) is 95.0 Å². The second-order valence-corrected chi connectivity index (χ2v) is 14.4. The smallest absolute Gasteiger partial charge is 0.416 e. The van der Waals surface area contributed by atoms with Crippen molar-refractivity contribution in [3.05, 3.63) is 99.6 Å². The van der Waals surface area contributed by atoms with Gasteiger partial charge in [0.15, 0.2) is 44.6 Å². The van der Waals surface area contributed by atoms with Gasteiger partial charge in [0.1, 0.15) is 5.69 Å². The van der Waals surface area contributed by atoms with E-state index in [4.69, 9.17) is 23.2 Å². The molecular formula is C34H16Cl2F12N2O5. The molecule has 7 rings (SSSR count). The van der Waals surface area contributed by atoms with Crippen molar-refractivity contribution in [3.63, 3.8) is 0 Å². The number of hydrogen-bond donors (Lipinski definition) is 1. The zero-order valence-corrected chi connectivity index (χ0v) is 28.0. The average molecular weight is 831 g/mol. The fourth-order valence-electron chi connectivity index (χ4n) is 8.00. The molecule has 2 saturated heterocycles. The number of phenols is 1. The van der Waals surface area contributed by atoms with Crippen LogP contribution in [-0.4, -0.2) is 38.5 Å². The van der Waals surface area contributed by atoms with E-state index >= 15 is 8.78 Å². The van der Waals surface area contributed by atoms with Gasteiger partial charge in [-0.15, -0.1) is 23.2 Å². The summed E-state index contributed by atoms with van der Waals surface area (Å²) < 4.78 is 170. The van der Waals surface area contributed by atoms with Crippen molar-refractivity contribution in [3.8, 4) is 5.75 Å². The third-order valence-corrected chi connectivity index (χ3v) is 11.8. The Bertz CT molecular complexity index is 2250. The van der Waals surface area contributed by atoms with Crippen molar-refractivity contribution < 1.29 is 77.0 Å². The van der Waals surface area contributed by atoms with E-state index in [0.29, 0.717) is 6.07 Å². The molecule has 2 aliphatic carbocycles. The van der Waals surface area contributed by atoms with Crippen molar-refractivity contribution in [2.24, 2.45) is 17.8 Å². The second-order valence-electron chi connectivity index (χ2n) is 13.1. The van der Waals surface area contributed by atoms with Gasteiger partial charge in [0.25, 0.3) is 11.8 Å². The van der Waals surface area contributed by atoms with E-state index in [0.717, 1.165) is 18.2 Å². The van der Waals surface area contributed by atoms with Crippen LogP contribution in [-0.2, 0) is 31.5 Å². The van der Waals surface area contributed by atoms with Gasteiger partial charge in [-0.1, -0.05) is 23.8 Å². The number of para-hydroxylation sites is 1. The molecule has 4 amide bonds. The first-order chi connectivity index (χ1) is 25.4. The first-order valence-corrected chi connectivity index (χ1v) is 16.3. The highest BCUT2D eigenvalue weighted by Gasteiger charge is 2.77. The monoisotopic (exact) mass is 830 g/mol. The molecule has 3 fully saturated rings. The summed E-state index contributed by atoms with van der Waals surface area (Å²) in [5.41, 5.74) is -8.00. The van der Waals surface area contributed by atoms with Gasteiger partial charge in [-0.05, 0) is 43.0 Å². The van der Waals surface area contributed by atoms with Gasteiger partial charge in [0, 0.05) is 11.5 Å². The number of aromatic hydroxyl groups is 1. The first kappa shape index (κ1) is 38.5. The summed E-state index contributed by atoms with van der Waals surface area (Å²) in [4.78, 5) is 49.5. The van der Waals surface area contributed by atoms with Gasteiger partial charge in [0.05, 0.1) is 28.7 Å². The second kappa shape index (κ2) is 12.1. The molecule has 0 spiro atoms. The van der Waals surface area contributed by atoms with Gasteiger partial charge in [-0.3, -0.25) is 19.2 Å². The Morgan fingerprint density at radius 3 is 1.80 bits per heavy atom. The Morgan fingerprint density at radius 2 is 1.25 bits per heavy atom. The van der Waals surface area contributed by atoms with E-state index in [1.165, 1.54) is 0 Å². The van der Waals surface area contributed by atoms with Crippen LogP contribution in [0, 0.1) is 52.7 Å². The number of fused-ring (bicyclic) bond motifs is 4. The number of allylic oxidation sites excluding steroid dienone is 2. The number of benzene rings is 3. The zero-order valence-electron chi connectivity index (χ0n) is 26.5. The van der Waals surface area contributed by atoms with Gasteiger partial charge >= 0.3 is 12.4 Å². The van der Waals surface area contributed by atoms with Crippen LogP contribution in [0.3, 0.4) is 0 Å². The Hall–Kier alpha value is -4.78. The standard InChI is InChI=1S/C34H16Cl2F12N2O5/c35-31-9-16-13(4-5-14-18(16)28(53)49(27(14)52)12-7-10(33(43,44)45)6-11(8-12)34(46,47)48)19(15-2-1-3-17(37)26(15)51)32(31,36)30(55)50(29(31)54)25-23(41)21(39)20(38)22(40)24(25)42/h1-4,6-8,14,16,18-19,51H,5,9H2/t14-,16+,18-,19+,31+,32-/m0/s1. The number of hydrogen-bond acceptors (Lipinski definition) is 5. The van der Waals surface area contributed by atoms with E-state index in [-0.39, 0.29) is 28.7 Å². The summed E-state index contributed by atoms with van der Waals surface area (Å²) in [7, 11) is 0. The molecule has 290 valence electrons. The summed E-state index contributed by atoms with van der Waals surface area (Å²) in [6.45, 7) is 0. The molecule has 4 aliphatic rings. The molecule has 55 heavy (non-hydrogen) atoms. The third-order valence-electron chi connectivity index (χ3n) is 10.4. The van der Waals surface area contributed by atoms with Crippen LogP contribution in [0.25, 0.3) is 0 Å². The molecule has 1 N–H and O–H groups in total. The molecule has 21 heteroatoms. The number of alkyl halides is 8. The number of amides is 4. The van der Waals surface area contributed by atoms with E-state index in [9.17, 15) is 68.2 Å². The summed E-state index contributed by atoms with van der Waals surface area (Å²) >= 11 is 13.7. The van der Waals surface area contributed by atoms with E-state index in [2.05, 4.69) is 0 Å². The number of rotatable bonds is 3. The maximum Gasteiger partial charge on any atom is 0.416 e. The molecule has 6 atom stereocenters. The fraction of sp³-hybridized carbons (Fsp3) is 0.294. The highest BCUT2D eigenvalue weighted by atomic mass is 35.5. The van der Waals surface area contributed by atoms with Crippen LogP contribution in [0.15, 0.2) is 48.0 Å². The average Bonchev–Trinajstić information content (AvgIpc) is 3.45. The highest BCUT2D eigenvalue weighted by molar-refractivity contribution is 6.58. The van der Waals surface area contributed by atoms with Crippen molar-refractivity contribution in [1.82, 2.24) is 0 Å². The van der Waals surface area contributed by atoms with Crippen molar-refractivity contribution in [1.29, 1.82) is 0 Å². The summed E-state index contributed by atoms with van der Waals surface area (Å²) in [6, 6.07) is 2.57. The van der Waals surface area contributed by atoms with Crippen LogP contribution in [0.4, 0.5) is 64.1 Å². The fourth-order valence-corrected chi connectivity index (χ4v) is 8.93. The molecule has 0 unspecified atom stereocenters. The number of halogens is 14. The van der Waals surface area contributed by atoms with Crippen LogP contribution >= 0.6 is 23.2 Å². The Morgan fingerprint density at radius 1 is 0.709 bits per heavy atom. The van der Waals surface area contributed by atoms with Gasteiger partial charge in [-0.2, -0.15) is 26.3 Å². The number of anilines is 2. The largest absolute Gasteiger partial charge is 0.505 e. The quantitative estimate of drug-likeness (QED) is 0.0721. The maximum absolute atomic E-state index is 15.2. The zero-order chi connectivity index (χ0) is 40.6. The SMILES string of the molecule is O=C1[C@H]2[C@H](CC=C3[C@H]2C[C@@]2(Cl)C(=O)N(c4c(F)c(F)c(F)c(F)c4F)C(=O)[C@@]2(Cl)[C@H]3c2cccc(F)c2O)C(=O)N1c1cc(C(F)(F)F)cc(C(F)(F)F)c1. The van der Waals surface area contributed by atoms with Gasteiger partial charge < -0.3 is 5.11 Å². The summed E-state index contributed by atoms with van der Waals surface area (Å²) in [5, 5.41) is 10.9. The van der Waals surface area contributed by atoms with E-state index in [1.807, 2.05) is 0 Å². The minimum atomic E-state index is -5.40. The molecule has 0 bridgehead atoms. The molecule has 0 radical (unpaired) electrons. The molecule has 0 aromatic heterocycles. The predicted molar refractivity (Wildman–Crippen MR) is 163 cm³/mol. The minimum absolute atomic E-state index is 0.0530. The minimum Gasteiger partial charge on any atom is -0.505 e. The Balaban J connectivity index is 1.42. The van der Waals surface area contributed by atoms with Crippen molar-refractivity contribution in [2.45, 2.75) is 40.9 Å². The number of imide groups is 2. The molecule has 7 nitrogen and oxygen atoms in total. The van der Waals surface area contributed by atoms with Crippen molar-refractivity contribution >= 4 is 58.2 Å². The van der Waals surface area contributed by atoms with Gasteiger partial charge in [-0.25, -0.2) is 36.1 Å². The maximum atomic E-state index is 15.2. The lowest BCUT2D eigenvalue weighted by molar-refractivity contribution is -0.143. The van der Waals surface area contributed by atoms with E-state index in [1.54, 1.807) is 0 Å². The normalized spacial score (nSPS) is 28.1. The predicted octanol–water partition coefficient (Wildman–Crippen LogP) is 8.03. The molecule has 2 heterocycles. The molecule has 3 aromatic rings. The highest BCUT2D eigenvalue weighted by Crippen LogP contribution is 2.67. The van der Waals surface area contributed by atoms with Crippen LogP contribution in [0.1, 0.15) is 35.4 Å². The van der Waals surface area contributed by atoms with Crippen LogP contribution in [0.5, 0.6) is 5.75 Å². The van der Waals surface area contributed by atoms with Crippen LogP contribution < -0.4 is 9.80 Å². The molecular weight excluding hydrogens is 815 g/mol. The Kier molecular flexibility index (Phi) is 8.47. The van der Waals surface area contributed by atoms with Crippen LogP contribution in [0.2, 0.25) is 0 Å². The lowest BCUT2D eigenvalue weighted by Crippen LogP contribution is -2.60. The molecule has 3 aromatic carbocycles. The summed E-state index contributed by atoms with van der Waals surface area (Å²) in [6.07, 6.45) is -11.4. The summed E-state index contributed by atoms with van der Waals surface area (Å²) in [5.74, 6) is -29.8. The van der Waals surface area contributed by atoms with E-state index < -0.39 is 156 Å². The number of carbonyl (C=O) groups is 4. The third kappa shape index (κ3) is 5.13. The number of carbonyl (C=O) groups excluding carboxylic acids is 4. The molecule has 1 saturated carbocycles. The van der Waals surface area contributed by atoms with Gasteiger partial charge in [0.2, 0.25) is 17.6 Å². The molecule has 2 aliphatic heterocycles.